The third-order valence-corrected chi connectivity index (χ3v) is 4.87. The number of amides is 1. The molecule has 1 aliphatic rings. The van der Waals surface area contributed by atoms with Gasteiger partial charge in [-0.25, -0.2) is 9.67 Å². The Bertz CT molecular complexity index is 946. The number of aromatic nitrogens is 3. The Kier molecular flexibility index (Phi) is 5.69. The van der Waals surface area contributed by atoms with E-state index in [4.69, 9.17) is 4.74 Å². The van der Waals surface area contributed by atoms with Crippen LogP contribution >= 0.6 is 0 Å². The summed E-state index contributed by atoms with van der Waals surface area (Å²) in [6.07, 6.45) is 5.63. The molecule has 0 aliphatic carbocycles. The molecule has 1 aliphatic heterocycles. The predicted octanol–water partition coefficient (Wildman–Crippen LogP) is 3.13. The molecule has 150 valence electrons. The van der Waals surface area contributed by atoms with Gasteiger partial charge in [-0.1, -0.05) is 12.1 Å². The maximum Gasteiger partial charge on any atom is 0.255 e. The van der Waals surface area contributed by atoms with Crippen LogP contribution in [0.1, 0.15) is 29.8 Å². The zero-order chi connectivity index (χ0) is 20.2. The molecule has 4 rings (SSSR count). The van der Waals surface area contributed by atoms with Gasteiger partial charge in [-0.05, 0) is 49.7 Å². The van der Waals surface area contributed by atoms with Crippen molar-refractivity contribution in [2.45, 2.75) is 32.6 Å². The Labute approximate surface area is 170 Å². The first kappa shape index (κ1) is 19.3. The fourth-order valence-electron chi connectivity index (χ4n) is 3.70. The van der Waals surface area contributed by atoms with Crippen LogP contribution in [0.4, 0.5) is 5.69 Å². The monoisotopic (exact) mass is 391 g/mol. The zero-order valence-corrected chi connectivity index (χ0v) is 16.7. The van der Waals surface area contributed by atoms with Crippen LogP contribution in [0.2, 0.25) is 0 Å². The quantitative estimate of drug-likeness (QED) is 0.723. The van der Waals surface area contributed by atoms with E-state index in [0.29, 0.717) is 17.1 Å². The molecule has 0 saturated carbocycles. The van der Waals surface area contributed by atoms with Crippen molar-refractivity contribution in [1.29, 1.82) is 0 Å². The fourth-order valence-corrected chi connectivity index (χ4v) is 3.70. The smallest absolute Gasteiger partial charge is 0.255 e. The largest absolute Gasteiger partial charge is 0.373 e. The highest BCUT2D eigenvalue weighted by atomic mass is 16.5. The van der Waals surface area contributed by atoms with Crippen LogP contribution in [0, 0.1) is 0 Å². The SMILES string of the molecule is CC1CN(Cc2ccc(C(=O)Nc3cccnc3-n3cccn3)cc2)CC(C)O1. The van der Waals surface area contributed by atoms with E-state index in [-0.39, 0.29) is 18.1 Å². The molecule has 0 spiro atoms. The van der Waals surface area contributed by atoms with Crippen molar-refractivity contribution in [3.63, 3.8) is 0 Å². The number of morpholine rings is 1. The van der Waals surface area contributed by atoms with Crippen LogP contribution in [-0.2, 0) is 11.3 Å². The lowest BCUT2D eigenvalue weighted by molar-refractivity contribution is -0.0704. The molecule has 29 heavy (non-hydrogen) atoms. The van der Waals surface area contributed by atoms with Crippen molar-refractivity contribution in [1.82, 2.24) is 19.7 Å². The lowest BCUT2D eigenvalue weighted by Gasteiger charge is -2.35. The van der Waals surface area contributed by atoms with Gasteiger partial charge in [-0.2, -0.15) is 5.10 Å². The van der Waals surface area contributed by atoms with Gasteiger partial charge in [0, 0.05) is 43.8 Å². The number of ether oxygens (including phenoxy) is 1. The van der Waals surface area contributed by atoms with E-state index in [2.05, 4.69) is 34.1 Å². The van der Waals surface area contributed by atoms with E-state index in [0.717, 1.165) is 19.6 Å². The summed E-state index contributed by atoms with van der Waals surface area (Å²) < 4.78 is 7.42. The van der Waals surface area contributed by atoms with Crippen LogP contribution in [0.5, 0.6) is 0 Å². The van der Waals surface area contributed by atoms with Gasteiger partial charge in [-0.3, -0.25) is 9.69 Å². The summed E-state index contributed by atoms with van der Waals surface area (Å²) in [5.74, 6) is 0.407. The van der Waals surface area contributed by atoms with Gasteiger partial charge in [0.2, 0.25) is 0 Å². The van der Waals surface area contributed by atoms with Gasteiger partial charge < -0.3 is 10.1 Å². The molecule has 7 heteroatoms. The average molecular weight is 391 g/mol. The van der Waals surface area contributed by atoms with Crippen LogP contribution in [0.25, 0.3) is 5.82 Å². The fraction of sp³-hybridized carbons (Fsp3) is 0.318. The topological polar surface area (TPSA) is 72.3 Å². The number of hydrogen-bond donors (Lipinski definition) is 1. The first-order chi connectivity index (χ1) is 14.1. The number of hydrogen-bond acceptors (Lipinski definition) is 5. The molecular weight excluding hydrogens is 366 g/mol. The minimum Gasteiger partial charge on any atom is -0.373 e. The van der Waals surface area contributed by atoms with Crippen molar-refractivity contribution in [2.24, 2.45) is 0 Å². The van der Waals surface area contributed by atoms with Gasteiger partial charge in [-0.15, -0.1) is 0 Å². The van der Waals surface area contributed by atoms with Crippen molar-refractivity contribution in [3.05, 3.63) is 72.2 Å². The van der Waals surface area contributed by atoms with E-state index in [1.807, 2.05) is 36.4 Å². The van der Waals surface area contributed by atoms with Gasteiger partial charge in [0.05, 0.1) is 17.9 Å². The number of nitrogens with zero attached hydrogens (tertiary/aromatic N) is 4. The molecule has 7 nitrogen and oxygen atoms in total. The van der Waals surface area contributed by atoms with Gasteiger partial charge in [0.15, 0.2) is 5.82 Å². The Balaban J connectivity index is 1.43. The Hall–Kier alpha value is -3.03. The Morgan fingerprint density at radius 2 is 1.86 bits per heavy atom. The molecule has 1 saturated heterocycles. The Morgan fingerprint density at radius 3 is 2.55 bits per heavy atom. The molecule has 2 aromatic heterocycles. The summed E-state index contributed by atoms with van der Waals surface area (Å²) in [5.41, 5.74) is 2.40. The second-order valence-corrected chi connectivity index (χ2v) is 7.43. The zero-order valence-electron chi connectivity index (χ0n) is 16.7. The summed E-state index contributed by atoms with van der Waals surface area (Å²) >= 11 is 0. The number of nitrogens with one attached hydrogen (secondary N) is 1. The van der Waals surface area contributed by atoms with Crippen molar-refractivity contribution in [2.75, 3.05) is 18.4 Å². The second kappa shape index (κ2) is 8.55. The van der Waals surface area contributed by atoms with E-state index in [1.54, 1.807) is 29.3 Å². The molecule has 1 fully saturated rings. The molecule has 2 atom stereocenters. The number of carbonyl (C=O) groups is 1. The van der Waals surface area contributed by atoms with Crippen LogP contribution in [0.3, 0.4) is 0 Å². The maximum absolute atomic E-state index is 12.7. The highest BCUT2D eigenvalue weighted by Crippen LogP contribution is 2.18. The first-order valence-electron chi connectivity index (χ1n) is 9.81. The molecule has 3 heterocycles. The van der Waals surface area contributed by atoms with Gasteiger partial charge in [0.25, 0.3) is 5.91 Å². The minimum absolute atomic E-state index is 0.174. The lowest BCUT2D eigenvalue weighted by Crippen LogP contribution is -2.44. The predicted molar refractivity (Wildman–Crippen MR) is 111 cm³/mol. The van der Waals surface area contributed by atoms with Crippen LogP contribution in [-0.4, -0.2) is 50.9 Å². The molecule has 3 aromatic rings. The van der Waals surface area contributed by atoms with Crippen molar-refractivity contribution < 1.29 is 9.53 Å². The summed E-state index contributed by atoms with van der Waals surface area (Å²) in [6, 6.07) is 13.2. The highest BCUT2D eigenvalue weighted by molar-refractivity contribution is 6.05. The molecule has 0 radical (unpaired) electrons. The molecular formula is C22H25N5O2. The second-order valence-electron chi connectivity index (χ2n) is 7.43. The normalized spacial score (nSPS) is 19.8. The molecule has 0 bridgehead atoms. The number of pyridine rings is 1. The number of benzene rings is 1. The maximum atomic E-state index is 12.7. The van der Waals surface area contributed by atoms with Crippen LogP contribution < -0.4 is 5.32 Å². The van der Waals surface area contributed by atoms with Gasteiger partial charge >= 0.3 is 0 Å². The summed E-state index contributed by atoms with van der Waals surface area (Å²) in [5, 5.41) is 7.13. The number of anilines is 1. The third kappa shape index (κ3) is 4.70. The first-order valence-corrected chi connectivity index (χ1v) is 9.81. The molecule has 1 amide bonds. The lowest BCUT2D eigenvalue weighted by atomic mass is 10.1. The van der Waals surface area contributed by atoms with E-state index < -0.39 is 0 Å². The summed E-state index contributed by atoms with van der Waals surface area (Å²) in [4.78, 5) is 19.4. The highest BCUT2D eigenvalue weighted by Gasteiger charge is 2.22. The molecule has 1 N–H and O–H groups in total. The minimum atomic E-state index is -0.174. The van der Waals surface area contributed by atoms with Crippen molar-refractivity contribution >= 4 is 11.6 Å². The van der Waals surface area contributed by atoms with E-state index in [9.17, 15) is 4.79 Å². The number of rotatable bonds is 5. The summed E-state index contributed by atoms with van der Waals surface area (Å²) in [7, 11) is 0. The standard InChI is InChI=1S/C22H25N5O2/c1-16-13-26(14-17(2)29-16)15-18-6-8-19(9-7-18)22(28)25-20-5-3-10-23-21(20)27-12-4-11-24-27/h3-12,16-17H,13-15H2,1-2H3,(H,25,28). The third-order valence-electron chi connectivity index (χ3n) is 4.87. The molecule has 2 unspecified atom stereocenters. The molecule has 1 aromatic carbocycles. The number of carbonyl (C=O) groups excluding carboxylic acids is 1. The van der Waals surface area contributed by atoms with Crippen LogP contribution in [0.15, 0.2) is 61.1 Å². The van der Waals surface area contributed by atoms with E-state index >= 15 is 0 Å². The van der Waals surface area contributed by atoms with Gasteiger partial charge in [0.1, 0.15) is 0 Å². The van der Waals surface area contributed by atoms with Crippen molar-refractivity contribution in [3.8, 4) is 5.82 Å². The average Bonchev–Trinajstić information content (AvgIpc) is 3.23. The van der Waals surface area contributed by atoms with E-state index in [1.165, 1.54) is 5.56 Å². The Morgan fingerprint density at radius 1 is 1.10 bits per heavy atom. The summed E-state index contributed by atoms with van der Waals surface area (Å²) in [6.45, 7) is 6.90.